The van der Waals surface area contributed by atoms with Crippen LogP contribution in [-0.2, 0) is 4.79 Å². The second-order valence-electron chi connectivity index (χ2n) is 5.62. The summed E-state index contributed by atoms with van der Waals surface area (Å²) in [5.74, 6) is -2.04. The summed E-state index contributed by atoms with van der Waals surface area (Å²) in [6.45, 7) is 0.639. The minimum Gasteiger partial charge on any atom is -0.487 e. The van der Waals surface area contributed by atoms with Gasteiger partial charge in [-0.05, 0) is 43.9 Å². The highest BCUT2D eigenvalue weighted by molar-refractivity contribution is 5.94. The molecule has 1 fully saturated rings. The van der Waals surface area contributed by atoms with Gasteiger partial charge in [-0.15, -0.1) is 0 Å². The van der Waals surface area contributed by atoms with Crippen molar-refractivity contribution in [2.24, 2.45) is 11.7 Å². The van der Waals surface area contributed by atoms with Crippen LogP contribution in [0.3, 0.4) is 0 Å². The molecule has 1 saturated carbocycles. The normalized spacial score (nSPS) is 20.8. The molecule has 0 bridgehead atoms. The molecular weight excluding hydrogens is 303 g/mol. The van der Waals surface area contributed by atoms with Gasteiger partial charge < -0.3 is 20.9 Å². The maximum atomic E-state index is 14.1. The van der Waals surface area contributed by atoms with Crippen LogP contribution in [0.25, 0.3) is 0 Å². The topological polar surface area (TPSA) is 102 Å². The van der Waals surface area contributed by atoms with E-state index in [0.29, 0.717) is 38.8 Å². The third-order valence-electron chi connectivity index (χ3n) is 3.94. The van der Waals surface area contributed by atoms with Crippen LogP contribution < -0.4 is 15.8 Å². The fourth-order valence-electron chi connectivity index (χ4n) is 2.63. The number of hydrogen-bond acceptors (Lipinski definition) is 4. The molecule has 1 aromatic rings. The lowest BCUT2D eigenvalue weighted by Gasteiger charge is -2.27. The second-order valence-corrected chi connectivity index (χ2v) is 5.62. The molecule has 0 spiro atoms. The summed E-state index contributed by atoms with van der Waals surface area (Å²) in [7, 11) is 0. The zero-order valence-electron chi connectivity index (χ0n) is 12.8. The van der Waals surface area contributed by atoms with Crippen LogP contribution in [0, 0.1) is 11.7 Å². The number of carbonyl (C=O) groups excluding carboxylic acids is 1. The van der Waals surface area contributed by atoms with E-state index in [9.17, 15) is 14.0 Å². The predicted octanol–water partition coefficient (Wildman–Crippen LogP) is 1.54. The molecule has 0 saturated heterocycles. The van der Waals surface area contributed by atoms with Crippen LogP contribution in [-0.4, -0.2) is 36.2 Å². The third-order valence-corrected chi connectivity index (χ3v) is 3.94. The number of amides is 1. The SMILES string of the molecule is NCCNC(=O)c1ccc(OC2CCC(C(=O)O)CC2)c(F)c1. The van der Waals surface area contributed by atoms with Gasteiger partial charge in [-0.25, -0.2) is 4.39 Å². The number of carbonyl (C=O) groups is 2. The van der Waals surface area contributed by atoms with E-state index >= 15 is 0 Å². The van der Waals surface area contributed by atoms with Crippen LogP contribution in [0.15, 0.2) is 18.2 Å². The largest absolute Gasteiger partial charge is 0.487 e. The highest BCUT2D eigenvalue weighted by Crippen LogP contribution is 2.29. The zero-order valence-corrected chi connectivity index (χ0v) is 12.8. The lowest BCUT2D eigenvalue weighted by atomic mass is 9.87. The monoisotopic (exact) mass is 324 g/mol. The number of rotatable bonds is 6. The Morgan fingerprint density at radius 1 is 1.30 bits per heavy atom. The molecule has 0 atom stereocenters. The Kier molecular flexibility index (Phi) is 5.92. The van der Waals surface area contributed by atoms with Gasteiger partial charge in [-0.1, -0.05) is 0 Å². The van der Waals surface area contributed by atoms with Crippen molar-refractivity contribution in [3.05, 3.63) is 29.6 Å². The number of carboxylic acid groups (broad SMARTS) is 1. The molecule has 6 nitrogen and oxygen atoms in total. The number of nitrogens with two attached hydrogens (primary N) is 1. The van der Waals surface area contributed by atoms with Crippen molar-refractivity contribution in [3.8, 4) is 5.75 Å². The van der Waals surface area contributed by atoms with Crippen LogP contribution in [0.1, 0.15) is 36.0 Å². The Hall–Kier alpha value is -2.15. The summed E-state index contributed by atoms with van der Waals surface area (Å²) in [6.07, 6.45) is 2.02. The Morgan fingerprint density at radius 3 is 2.57 bits per heavy atom. The molecule has 0 radical (unpaired) electrons. The molecule has 1 amide bonds. The number of benzene rings is 1. The lowest BCUT2D eigenvalue weighted by Crippen LogP contribution is -2.29. The molecule has 1 aromatic carbocycles. The molecule has 0 aliphatic heterocycles. The zero-order chi connectivity index (χ0) is 16.8. The summed E-state index contributed by atoms with van der Waals surface area (Å²) in [4.78, 5) is 22.6. The second kappa shape index (κ2) is 7.92. The Bertz CT molecular complexity index is 571. The maximum Gasteiger partial charge on any atom is 0.306 e. The average Bonchev–Trinajstić information content (AvgIpc) is 2.55. The standard InChI is InChI=1S/C16H21FN2O4/c17-13-9-11(15(20)19-8-7-18)3-6-14(13)23-12-4-1-10(2-5-12)16(21)22/h3,6,9-10,12H,1-2,4-5,7-8,18H2,(H,19,20)(H,21,22). The summed E-state index contributed by atoms with van der Waals surface area (Å²) in [5, 5.41) is 11.5. The highest BCUT2D eigenvalue weighted by atomic mass is 19.1. The van der Waals surface area contributed by atoms with Gasteiger partial charge in [0.2, 0.25) is 0 Å². The quantitative estimate of drug-likeness (QED) is 0.737. The van der Waals surface area contributed by atoms with Crippen molar-refractivity contribution in [2.45, 2.75) is 31.8 Å². The summed E-state index contributed by atoms with van der Waals surface area (Å²) in [5.41, 5.74) is 5.50. The molecule has 1 aliphatic carbocycles. The van der Waals surface area contributed by atoms with Crippen LogP contribution >= 0.6 is 0 Å². The molecule has 4 N–H and O–H groups in total. The molecule has 0 heterocycles. The van der Waals surface area contributed by atoms with Gasteiger partial charge in [0.15, 0.2) is 11.6 Å². The molecule has 126 valence electrons. The van der Waals surface area contributed by atoms with E-state index in [0.717, 1.165) is 6.07 Å². The van der Waals surface area contributed by atoms with Crippen molar-refractivity contribution in [1.82, 2.24) is 5.32 Å². The minimum absolute atomic E-state index is 0.0825. The number of hydrogen-bond donors (Lipinski definition) is 3. The minimum atomic E-state index is -0.789. The van der Waals surface area contributed by atoms with Gasteiger partial charge in [0.1, 0.15) is 0 Å². The van der Waals surface area contributed by atoms with E-state index in [1.165, 1.54) is 12.1 Å². The van der Waals surface area contributed by atoms with E-state index in [4.69, 9.17) is 15.6 Å². The molecule has 1 aliphatic rings. The van der Waals surface area contributed by atoms with Gasteiger partial charge in [-0.2, -0.15) is 0 Å². The van der Waals surface area contributed by atoms with Crippen molar-refractivity contribution in [3.63, 3.8) is 0 Å². The molecular formula is C16H21FN2O4. The van der Waals surface area contributed by atoms with Crippen molar-refractivity contribution in [1.29, 1.82) is 0 Å². The van der Waals surface area contributed by atoms with Crippen LogP contribution in [0.4, 0.5) is 4.39 Å². The van der Waals surface area contributed by atoms with Gasteiger partial charge in [0.25, 0.3) is 5.91 Å². The number of aliphatic carboxylic acids is 1. The van der Waals surface area contributed by atoms with Gasteiger partial charge >= 0.3 is 5.97 Å². The first-order valence-corrected chi connectivity index (χ1v) is 7.68. The van der Waals surface area contributed by atoms with Crippen molar-refractivity contribution in [2.75, 3.05) is 13.1 Å². The van der Waals surface area contributed by atoms with E-state index < -0.39 is 11.8 Å². The smallest absolute Gasteiger partial charge is 0.306 e. The Morgan fingerprint density at radius 2 is 2.00 bits per heavy atom. The summed E-state index contributed by atoms with van der Waals surface area (Å²) >= 11 is 0. The number of nitrogens with one attached hydrogen (secondary N) is 1. The summed E-state index contributed by atoms with van der Waals surface area (Å²) < 4.78 is 19.7. The number of carboxylic acids is 1. The molecule has 0 aromatic heterocycles. The average molecular weight is 324 g/mol. The van der Waals surface area contributed by atoms with Crippen LogP contribution in [0.5, 0.6) is 5.75 Å². The fraction of sp³-hybridized carbons (Fsp3) is 0.500. The molecule has 7 heteroatoms. The van der Waals surface area contributed by atoms with E-state index in [2.05, 4.69) is 5.32 Å². The fourth-order valence-corrected chi connectivity index (χ4v) is 2.63. The molecule has 0 unspecified atom stereocenters. The van der Waals surface area contributed by atoms with E-state index in [1.54, 1.807) is 0 Å². The van der Waals surface area contributed by atoms with Crippen molar-refractivity contribution < 1.29 is 23.8 Å². The summed E-state index contributed by atoms with van der Waals surface area (Å²) in [6, 6.07) is 4.05. The number of halogens is 1. The lowest BCUT2D eigenvalue weighted by molar-refractivity contribution is -0.143. The third kappa shape index (κ3) is 4.66. The Balaban J connectivity index is 1.94. The van der Waals surface area contributed by atoms with Crippen molar-refractivity contribution >= 4 is 11.9 Å². The first-order valence-electron chi connectivity index (χ1n) is 7.68. The predicted molar refractivity (Wildman–Crippen MR) is 81.8 cm³/mol. The van der Waals surface area contributed by atoms with Gasteiger partial charge in [-0.3, -0.25) is 9.59 Å². The van der Waals surface area contributed by atoms with E-state index in [1.807, 2.05) is 0 Å². The molecule has 23 heavy (non-hydrogen) atoms. The van der Waals surface area contributed by atoms with Crippen LogP contribution in [0.2, 0.25) is 0 Å². The maximum absolute atomic E-state index is 14.1. The molecule has 2 rings (SSSR count). The van der Waals surface area contributed by atoms with Gasteiger partial charge in [0.05, 0.1) is 12.0 Å². The van der Waals surface area contributed by atoms with Gasteiger partial charge in [0, 0.05) is 18.7 Å². The Labute approximate surface area is 133 Å². The first kappa shape index (κ1) is 17.2. The highest BCUT2D eigenvalue weighted by Gasteiger charge is 2.27. The van der Waals surface area contributed by atoms with E-state index in [-0.39, 0.29) is 29.2 Å². The first-order chi connectivity index (χ1) is 11.0. The number of ether oxygens (including phenoxy) is 1.